The first-order valence-corrected chi connectivity index (χ1v) is 6.51. The van der Waals surface area contributed by atoms with Crippen LogP contribution in [0.25, 0.3) is 6.08 Å². The van der Waals surface area contributed by atoms with Gasteiger partial charge in [-0.3, -0.25) is 14.9 Å². The van der Waals surface area contributed by atoms with Gasteiger partial charge in [0.2, 0.25) is 0 Å². The van der Waals surface area contributed by atoms with Gasteiger partial charge < -0.3 is 0 Å². The number of ketones is 1. The lowest BCUT2D eigenvalue weighted by Gasteiger charge is -1.99. The molecule has 0 saturated carbocycles. The van der Waals surface area contributed by atoms with Crippen molar-refractivity contribution in [3.05, 3.63) is 80.9 Å². The number of hydrogen-bond acceptors (Lipinski definition) is 3. The van der Waals surface area contributed by atoms with Crippen molar-refractivity contribution in [1.82, 2.24) is 0 Å². The Morgan fingerprint density at radius 1 is 1.10 bits per heavy atom. The quantitative estimate of drug-likeness (QED) is 0.367. The summed E-state index contributed by atoms with van der Waals surface area (Å²) >= 11 is 0. The molecule has 0 heterocycles. The first-order valence-electron chi connectivity index (χ1n) is 6.51. The van der Waals surface area contributed by atoms with Gasteiger partial charge in [-0.1, -0.05) is 48.0 Å². The van der Waals surface area contributed by atoms with E-state index in [9.17, 15) is 14.9 Å². The molecule has 0 fully saturated rings. The number of allylic oxidation sites excluding steroid dienone is 1. The molecule has 0 atom stereocenters. The summed E-state index contributed by atoms with van der Waals surface area (Å²) in [7, 11) is 0. The van der Waals surface area contributed by atoms with Crippen molar-refractivity contribution in [1.29, 1.82) is 0 Å². The summed E-state index contributed by atoms with van der Waals surface area (Å²) in [5.41, 5.74) is 2.97. The van der Waals surface area contributed by atoms with E-state index in [0.29, 0.717) is 16.7 Å². The van der Waals surface area contributed by atoms with Crippen molar-refractivity contribution in [2.24, 2.45) is 0 Å². The van der Waals surface area contributed by atoms with Gasteiger partial charge in [0.15, 0.2) is 5.78 Å². The molecule has 2 aromatic carbocycles. The second-order valence-corrected chi connectivity index (χ2v) is 4.87. The number of aryl methyl sites for hydroxylation is 2. The van der Waals surface area contributed by atoms with Gasteiger partial charge >= 0.3 is 0 Å². The highest BCUT2D eigenvalue weighted by atomic mass is 16.6. The van der Waals surface area contributed by atoms with Crippen molar-refractivity contribution in [3.8, 4) is 0 Å². The number of rotatable bonds is 4. The number of benzene rings is 2. The Kier molecular flexibility index (Phi) is 4.28. The van der Waals surface area contributed by atoms with E-state index in [1.54, 1.807) is 37.3 Å². The largest absolute Gasteiger partial charge is 0.289 e. The van der Waals surface area contributed by atoms with E-state index >= 15 is 0 Å². The third-order valence-electron chi connectivity index (χ3n) is 3.19. The molecule has 21 heavy (non-hydrogen) atoms. The van der Waals surface area contributed by atoms with Gasteiger partial charge in [-0.15, -0.1) is 0 Å². The van der Waals surface area contributed by atoms with Gasteiger partial charge in [-0.2, -0.15) is 0 Å². The molecule has 0 bridgehead atoms. The maximum atomic E-state index is 12.0. The maximum absolute atomic E-state index is 12.0. The summed E-state index contributed by atoms with van der Waals surface area (Å²) in [6.45, 7) is 3.64. The highest BCUT2D eigenvalue weighted by Crippen LogP contribution is 2.20. The van der Waals surface area contributed by atoms with Crippen LogP contribution in [-0.2, 0) is 0 Å². The molecule has 2 aromatic rings. The summed E-state index contributed by atoms with van der Waals surface area (Å²) in [5, 5.41) is 10.9. The molecule has 4 nitrogen and oxygen atoms in total. The smallest absolute Gasteiger partial charge is 0.272 e. The van der Waals surface area contributed by atoms with Crippen molar-refractivity contribution in [2.45, 2.75) is 13.8 Å². The summed E-state index contributed by atoms with van der Waals surface area (Å²) in [6.07, 6.45) is 3.02. The number of hydrogen-bond donors (Lipinski definition) is 0. The highest BCUT2D eigenvalue weighted by Gasteiger charge is 2.10. The Hall–Kier alpha value is -2.75. The van der Waals surface area contributed by atoms with Gasteiger partial charge in [0.25, 0.3) is 5.69 Å². The van der Waals surface area contributed by atoms with E-state index in [0.717, 1.165) is 5.56 Å². The van der Waals surface area contributed by atoms with E-state index < -0.39 is 4.92 Å². The molecule has 0 aliphatic heterocycles. The van der Waals surface area contributed by atoms with Gasteiger partial charge in [0.1, 0.15) is 0 Å². The predicted octanol–water partition coefficient (Wildman–Crippen LogP) is 4.11. The molecule has 0 radical (unpaired) electrons. The minimum absolute atomic E-state index is 0.0555. The molecule has 0 aliphatic carbocycles. The van der Waals surface area contributed by atoms with Gasteiger partial charge in [0, 0.05) is 17.2 Å². The Balaban J connectivity index is 2.21. The summed E-state index contributed by atoms with van der Waals surface area (Å²) < 4.78 is 0. The van der Waals surface area contributed by atoms with Crippen LogP contribution in [0.2, 0.25) is 0 Å². The lowest BCUT2D eigenvalue weighted by Crippen LogP contribution is -1.94. The molecular weight excluding hydrogens is 266 g/mol. The maximum Gasteiger partial charge on any atom is 0.272 e. The van der Waals surface area contributed by atoms with Crippen LogP contribution in [0.3, 0.4) is 0 Å². The second kappa shape index (κ2) is 6.13. The molecule has 0 spiro atoms. The fourth-order valence-corrected chi connectivity index (χ4v) is 1.91. The molecule has 0 N–H and O–H groups in total. The van der Waals surface area contributed by atoms with Crippen LogP contribution in [0.5, 0.6) is 0 Å². The van der Waals surface area contributed by atoms with Gasteiger partial charge in [-0.05, 0) is 25.5 Å². The zero-order valence-corrected chi connectivity index (χ0v) is 11.9. The van der Waals surface area contributed by atoms with Crippen molar-refractivity contribution in [2.75, 3.05) is 0 Å². The molecule has 0 aromatic heterocycles. The molecule has 0 unspecified atom stereocenters. The number of nitro benzene ring substituents is 1. The summed E-state index contributed by atoms with van der Waals surface area (Å²) in [4.78, 5) is 22.5. The highest BCUT2D eigenvalue weighted by molar-refractivity contribution is 6.06. The molecule has 0 saturated heterocycles. The Bertz CT molecular complexity index is 715. The lowest BCUT2D eigenvalue weighted by molar-refractivity contribution is -0.385. The first-order chi connectivity index (χ1) is 9.97. The van der Waals surface area contributed by atoms with Crippen LogP contribution in [0.1, 0.15) is 27.0 Å². The molecule has 4 heteroatoms. The van der Waals surface area contributed by atoms with Crippen LogP contribution < -0.4 is 0 Å². The van der Waals surface area contributed by atoms with Crippen LogP contribution >= 0.6 is 0 Å². The van der Waals surface area contributed by atoms with Gasteiger partial charge in [0.05, 0.1) is 4.92 Å². The average Bonchev–Trinajstić information content (AvgIpc) is 2.46. The van der Waals surface area contributed by atoms with Gasteiger partial charge in [-0.25, -0.2) is 0 Å². The number of carbonyl (C=O) groups is 1. The monoisotopic (exact) mass is 281 g/mol. The number of nitrogens with zero attached hydrogens (tertiary/aromatic N) is 1. The van der Waals surface area contributed by atoms with Crippen molar-refractivity contribution in [3.63, 3.8) is 0 Å². The molecule has 0 amide bonds. The summed E-state index contributed by atoms with van der Waals surface area (Å²) in [5.74, 6) is -0.127. The molecular formula is C17H15NO3. The fraction of sp³-hybridized carbons (Fsp3) is 0.118. The minimum atomic E-state index is -0.422. The van der Waals surface area contributed by atoms with Crippen LogP contribution in [0.4, 0.5) is 5.69 Å². The van der Waals surface area contributed by atoms with Crippen LogP contribution in [0, 0.1) is 24.0 Å². The molecule has 106 valence electrons. The van der Waals surface area contributed by atoms with Crippen molar-refractivity contribution >= 4 is 17.5 Å². The minimum Gasteiger partial charge on any atom is -0.289 e. The van der Waals surface area contributed by atoms with Crippen molar-refractivity contribution < 1.29 is 9.72 Å². The van der Waals surface area contributed by atoms with E-state index in [2.05, 4.69) is 0 Å². The molecule has 0 aliphatic rings. The number of carbonyl (C=O) groups excluding carboxylic acids is 1. The fourth-order valence-electron chi connectivity index (χ4n) is 1.91. The molecule has 2 rings (SSSR count). The standard InChI is InChI=1S/C17H15NO3/c1-12-3-8-15(9-4-12)17(19)10-7-14-6-5-13(2)16(11-14)18(20)21/h3-11H,1-2H3/b10-7+. The predicted molar refractivity (Wildman–Crippen MR) is 82.4 cm³/mol. The Morgan fingerprint density at radius 3 is 2.38 bits per heavy atom. The van der Waals surface area contributed by atoms with E-state index in [1.165, 1.54) is 12.1 Å². The topological polar surface area (TPSA) is 60.2 Å². The second-order valence-electron chi connectivity index (χ2n) is 4.87. The van der Waals surface area contributed by atoms with Crippen LogP contribution in [-0.4, -0.2) is 10.7 Å². The third kappa shape index (κ3) is 3.63. The third-order valence-corrected chi connectivity index (χ3v) is 3.19. The zero-order valence-electron chi connectivity index (χ0n) is 11.9. The van der Waals surface area contributed by atoms with Crippen LogP contribution in [0.15, 0.2) is 48.5 Å². The van der Waals surface area contributed by atoms with E-state index in [4.69, 9.17) is 0 Å². The van der Waals surface area contributed by atoms with E-state index in [-0.39, 0.29) is 11.5 Å². The summed E-state index contributed by atoms with van der Waals surface area (Å²) in [6, 6.07) is 12.2. The Labute approximate surface area is 122 Å². The Morgan fingerprint density at radius 2 is 1.76 bits per heavy atom. The SMILES string of the molecule is Cc1ccc(C(=O)/C=C/c2ccc(C)c([N+](=O)[O-])c2)cc1. The average molecular weight is 281 g/mol. The lowest BCUT2D eigenvalue weighted by atomic mass is 10.1. The van der Waals surface area contributed by atoms with E-state index in [1.807, 2.05) is 19.1 Å². The zero-order chi connectivity index (χ0) is 15.4. The first kappa shape index (κ1) is 14.7. The normalized spacial score (nSPS) is 10.8. The number of nitro groups is 1.